The number of rotatable bonds is 2. The lowest BCUT2D eigenvalue weighted by Crippen LogP contribution is -2.43. The molecule has 0 bridgehead atoms. The standard InChI is InChI=1S/C13H15NO3/c1-13(9-6-4-3-5-7-9)10(12(16)17-2)8-11(15)14-13/h3-7,10H,8H2,1-2H3,(H,14,15). The van der Waals surface area contributed by atoms with E-state index in [-0.39, 0.29) is 18.3 Å². The number of methoxy groups -OCH3 is 1. The van der Waals surface area contributed by atoms with E-state index in [2.05, 4.69) is 5.32 Å². The summed E-state index contributed by atoms with van der Waals surface area (Å²) in [4.78, 5) is 23.3. The summed E-state index contributed by atoms with van der Waals surface area (Å²) in [7, 11) is 1.34. The zero-order chi connectivity index (χ0) is 12.5. The van der Waals surface area contributed by atoms with E-state index in [4.69, 9.17) is 4.74 Å². The van der Waals surface area contributed by atoms with Gasteiger partial charge in [0.25, 0.3) is 0 Å². The maximum Gasteiger partial charge on any atom is 0.311 e. The minimum absolute atomic E-state index is 0.119. The number of benzene rings is 1. The van der Waals surface area contributed by atoms with Crippen molar-refractivity contribution in [3.05, 3.63) is 35.9 Å². The summed E-state index contributed by atoms with van der Waals surface area (Å²) >= 11 is 0. The Bertz CT molecular complexity index is 443. The smallest absolute Gasteiger partial charge is 0.311 e. The van der Waals surface area contributed by atoms with Crippen molar-refractivity contribution >= 4 is 11.9 Å². The van der Waals surface area contributed by atoms with Crippen molar-refractivity contribution in [2.75, 3.05) is 7.11 Å². The minimum atomic E-state index is -0.675. The van der Waals surface area contributed by atoms with E-state index in [9.17, 15) is 9.59 Å². The fourth-order valence-corrected chi connectivity index (χ4v) is 2.34. The Balaban J connectivity index is 2.40. The third-order valence-electron chi connectivity index (χ3n) is 3.34. The molecular weight excluding hydrogens is 218 g/mol. The van der Waals surface area contributed by atoms with Crippen LogP contribution in [0.25, 0.3) is 0 Å². The molecule has 1 N–H and O–H groups in total. The van der Waals surface area contributed by atoms with Crippen molar-refractivity contribution in [2.45, 2.75) is 18.9 Å². The van der Waals surface area contributed by atoms with E-state index in [0.29, 0.717) is 0 Å². The monoisotopic (exact) mass is 233 g/mol. The molecule has 2 rings (SSSR count). The van der Waals surface area contributed by atoms with Crippen LogP contribution >= 0.6 is 0 Å². The molecule has 1 fully saturated rings. The van der Waals surface area contributed by atoms with Crippen LogP contribution in [-0.4, -0.2) is 19.0 Å². The van der Waals surface area contributed by atoms with E-state index in [1.165, 1.54) is 7.11 Å². The van der Waals surface area contributed by atoms with Crippen LogP contribution in [0.5, 0.6) is 0 Å². The first-order valence-corrected chi connectivity index (χ1v) is 5.52. The van der Waals surface area contributed by atoms with Gasteiger partial charge in [0.05, 0.1) is 18.6 Å². The second-order valence-electron chi connectivity index (χ2n) is 4.40. The van der Waals surface area contributed by atoms with Gasteiger partial charge in [-0.1, -0.05) is 30.3 Å². The maximum absolute atomic E-state index is 11.7. The number of nitrogens with one attached hydrogen (secondary N) is 1. The van der Waals surface area contributed by atoms with Crippen LogP contribution in [0.1, 0.15) is 18.9 Å². The summed E-state index contributed by atoms with van der Waals surface area (Å²) in [6.45, 7) is 1.86. The summed E-state index contributed by atoms with van der Waals surface area (Å²) < 4.78 is 4.77. The summed E-state index contributed by atoms with van der Waals surface area (Å²) in [5.74, 6) is -0.941. The normalized spacial score (nSPS) is 27.6. The van der Waals surface area contributed by atoms with Gasteiger partial charge in [-0.15, -0.1) is 0 Å². The summed E-state index contributed by atoms with van der Waals surface area (Å²) in [5, 5.41) is 2.87. The van der Waals surface area contributed by atoms with E-state index in [0.717, 1.165) is 5.56 Å². The Hall–Kier alpha value is -1.84. The first-order valence-electron chi connectivity index (χ1n) is 5.52. The highest BCUT2D eigenvalue weighted by Crippen LogP contribution is 2.37. The molecule has 4 heteroatoms. The number of amides is 1. The van der Waals surface area contributed by atoms with E-state index in [1.807, 2.05) is 37.3 Å². The lowest BCUT2D eigenvalue weighted by molar-refractivity contribution is -0.147. The molecule has 0 saturated carbocycles. The fraction of sp³-hybridized carbons (Fsp3) is 0.385. The molecule has 0 radical (unpaired) electrons. The molecule has 90 valence electrons. The van der Waals surface area contributed by atoms with Crippen molar-refractivity contribution in [2.24, 2.45) is 5.92 Å². The predicted molar refractivity (Wildman–Crippen MR) is 62.1 cm³/mol. The quantitative estimate of drug-likeness (QED) is 0.781. The Labute approximate surface area is 100.0 Å². The fourth-order valence-electron chi connectivity index (χ4n) is 2.34. The first-order chi connectivity index (χ1) is 8.08. The number of carbonyl (C=O) groups excluding carboxylic acids is 2. The number of ether oxygens (including phenoxy) is 1. The molecular formula is C13H15NO3. The van der Waals surface area contributed by atoms with Gasteiger partial charge in [-0.3, -0.25) is 9.59 Å². The number of carbonyl (C=O) groups is 2. The number of hydrogen-bond donors (Lipinski definition) is 1. The van der Waals surface area contributed by atoms with Crippen molar-refractivity contribution < 1.29 is 14.3 Å². The molecule has 1 aromatic carbocycles. The molecule has 4 nitrogen and oxygen atoms in total. The van der Waals surface area contributed by atoms with Gasteiger partial charge in [-0.2, -0.15) is 0 Å². The van der Waals surface area contributed by atoms with Gasteiger partial charge in [0, 0.05) is 6.42 Å². The van der Waals surface area contributed by atoms with Gasteiger partial charge >= 0.3 is 5.97 Å². The van der Waals surface area contributed by atoms with Gasteiger partial charge < -0.3 is 10.1 Å². The molecule has 1 aliphatic heterocycles. The van der Waals surface area contributed by atoms with Crippen molar-refractivity contribution in [3.8, 4) is 0 Å². The zero-order valence-electron chi connectivity index (χ0n) is 9.90. The lowest BCUT2D eigenvalue weighted by Gasteiger charge is -2.29. The first kappa shape index (κ1) is 11.6. The van der Waals surface area contributed by atoms with Crippen LogP contribution < -0.4 is 5.32 Å². The third kappa shape index (κ3) is 1.90. The topological polar surface area (TPSA) is 55.4 Å². The van der Waals surface area contributed by atoms with Crippen molar-refractivity contribution in [1.29, 1.82) is 0 Å². The van der Waals surface area contributed by atoms with Crippen molar-refractivity contribution in [1.82, 2.24) is 5.32 Å². The SMILES string of the molecule is COC(=O)C1CC(=O)NC1(C)c1ccccc1. The summed E-state index contributed by atoms with van der Waals surface area (Å²) in [5.41, 5.74) is 0.243. The minimum Gasteiger partial charge on any atom is -0.469 e. The second-order valence-corrected chi connectivity index (χ2v) is 4.40. The Morgan fingerprint density at radius 3 is 2.65 bits per heavy atom. The molecule has 1 aromatic rings. The zero-order valence-corrected chi connectivity index (χ0v) is 9.90. The summed E-state index contributed by atoms with van der Waals surface area (Å²) in [6.07, 6.45) is 0.179. The Kier molecular flexibility index (Phi) is 2.88. The second kappa shape index (κ2) is 4.20. The molecule has 1 heterocycles. The van der Waals surface area contributed by atoms with E-state index >= 15 is 0 Å². The van der Waals surface area contributed by atoms with Gasteiger partial charge in [-0.05, 0) is 12.5 Å². The van der Waals surface area contributed by atoms with Crippen LogP contribution in [0.15, 0.2) is 30.3 Å². The molecule has 0 aromatic heterocycles. The van der Waals surface area contributed by atoms with Gasteiger partial charge in [0.2, 0.25) is 5.91 Å². The molecule has 2 unspecified atom stereocenters. The lowest BCUT2D eigenvalue weighted by atomic mass is 9.81. The van der Waals surface area contributed by atoms with E-state index in [1.54, 1.807) is 0 Å². The number of hydrogen-bond acceptors (Lipinski definition) is 3. The van der Waals surface area contributed by atoms with Crippen LogP contribution in [0.4, 0.5) is 0 Å². The molecule has 17 heavy (non-hydrogen) atoms. The largest absolute Gasteiger partial charge is 0.469 e. The molecule has 2 atom stereocenters. The van der Waals surface area contributed by atoms with Crippen LogP contribution in [-0.2, 0) is 19.9 Å². The molecule has 0 aliphatic carbocycles. The molecule has 0 spiro atoms. The van der Waals surface area contributed by atoms with E-state index < -0.39 is 11.5 Å². The van der Waals surface area contributed by atoms with Gasteiger partial charge in [0.1, 0.15) is 0 Å². The predicted octanol–water partition coefficient (Wildman–Crippen LogP) is 1.21. The highest BCUT2D eigenvalue weighted by atomic mass is 16.5. The van der Waals surface area contributed by atoms with Crippen LogP contribution in [0.3, 0.4) is 0 Å². The Morgan fingerprint density at radius 2 is 2.06 bits per heavy atom. The maximum atomic E-state index is 11.7. The van der Waals surface area contributed by atoms with Crippen LogP contribution in [0, 0.1) is 5.92 Å². The molecule has 1 amide bonds. The van der Waals surface area contributed by atoms with Gasteiger partial charge in [-0.25, -0.2) is 0 Å². The highest BCUT2D eigenvalue weighted by molar-refractivity contribution is 5.89. The van der Waals surface area contributed by atoms with Crippen molar-refractivity contribution in [3.63, 3.8) is 0 Å². The van der Waals surface area contributed by atoms with Gasteiger partial charge in [0.15, 0.2) is 0 Å². The average molecular weight is 233 g/mol. The highest BCUT2D eigenvalue weighted by Gasteiger charge is 2.48. The van der Waals surface area contributed by atoms with Crippen LogP contribution in [0.2, 0.25) is 0 Å². The molecule has 1 saturated heterocycles. The number of esters is 1. The summed E-state index contributed by atoms with van der Waals surface area (Å²) in [6, 6.07) is 9.48. The Morgan fingerprint density at radius 1 is 1.41 bits per heavy atom. The third-order valence-corrected chi connectivity index (χ3v) is 3.34. The molecule has 1 aliphatic rings. The average Bonchev–Trinajstić information content (AvgIpc) is 2.66.